The largest absolute Gasteiger partial charge is 0.300 e. The highest BCUT2D eigenvalue weighted by Crippen LogP contribution is 2.44. The minimum atomic E-state index is 0.356. The maximum atomic E-state index is 2.82. The molecule has 3 aliphatic rings. The maximum Gasteiger partial charge on any atom is 0.0165 e. The molecule has 2 fully saturated rings. The molecule has 1 saturated heterocycles. The zero-order chi connectivity index (χ0) is 14.8. The molecule has 4 rings (SSSR count). The van der Waals surface area contributed by atoms with Crippen LogP contribution in [0.25, 0.3) is 6.08 Å². The molecule has 0 radical (unpaired) electrons. The molecule has 0 atom stereocenters. The summed E-state index contributed by atoms with van der Waals surface area (Å²) in [5.74, 6) is 0. The van der Waals surface area contributed by atoms with Crippen molar-refractivity contribution in [2.75, 3.05) is 13.1 Å². The fraction of sp³-hybridized carbons (Fsp3) is 0.619. The standard InChI is InChI=1S/C21H29N/c1-2-4-9-19(10-5-3-1)22-16-14-21(15-17-22)13-12-18-8-6-7-11-20(18)21/h6-8,11-13,19H,1-5,9-10,14-17H2. The molecule has 1 aliphatic heterocycles. The fourth-order valence-electron chi connectivity index (χ4n) is 4.96. The Labute approximate surface area is 135 Å². The van der Waals surface area contributed by atoms with Gasteiger partial charge in [0.05, 0.1) is 0 Å². The molecule has 22 heavy (non-hydrogen) atoms. The average molecular weight is 295 g/mol. The SMILES string of the molecule is C1=CC2(CCN(C3CCCCCCC3)CC2)c2ccccc21. The van der Waals surface area contributed by atoms with Gasteiger partial charge >= 0.3 is 0 Å². The lowest BCUT2D eigenvalue weighted by atomic mass is 9.74. The minimum absolute atomic E-state index is 0.356. The number of rotatable bonds is 1. The van der Waals surface area contributed by atoms with E-state index in [1.807, 2.05) is 0 Å². The number of piperidine rings is 1. The Hall–Kier alpha value is -1.08. The lowest BCUT2D eigenvalue weighted by Crippen LogP contribution is -2.46. The summed E-state index contributed by atoms with van der Waals surface area (Å²) in [6.45, 7) is 2.59. The highest BCUT2D eigenvalue weighted by atomic mass is 15.2. The van der Waals surface area contributed by atoms with Crippen LogP contribution >= 0.6 is 0 Å². The van der Waals surface area contributed by atoms with E-state index < -0.39 is 0 Å². The van der Waals surface area contributed by atoms with Crippen molar-refractivity contribution < 1.29 is 0 Å². The number of allylic oxidation sites excluding steroid dienone is 1. The van der Waals surface area contributed by atoms with Crippen LogP contribution in [-0.4, -0.2) is 24.0 Å². The van der Waals surface area contributed by atoms with Gasteiger partial charge in [0.2, 0.25) is 0 Å². The zero-order valence-electron chi connectivity index (χ0n) is 13.8. The van der Waals surface area contributed by atoms with Gasteiger partial charge in [-0.1, -0.05) is 68.5 Å². The first-order valence-corrected chi connectivity index (χ1v) is 9.40. The van der Waals surface area contributed by atoms with Crippen LogP contribution < -0.4 is 0 Å². The van der Waals surface area contributed by atoms with Crippen molar-refractivity contribution in [3.05, 3.63) is 41.5 Å². The van der Waals surface area contributed by atoms with Crippen LogP contribution in [0.2, 0.25) is 0 Å². The Bertz CT molecular complexity index is 529. The first-order valence-electron chi connectivity index (χ1n) is 9.40. The molecule has 0 N–H and O–H groups in total. The molecule has 1 heteroatoms. The summed E-state index contributed by atoms with van der Waals surface area (Å²) in [5.41, 5.74) is 3.41. The van der Waals surface area contributed by atoms with E-state index >= 15 is 0 Å². The molecule has 2 aliphatic carbocycles. The summed E-state index contributed by atoms with van der Waals surface area (Å²) in [6, 6.07) is 9.90. The van der Waals surface area contributed by atoms with Crippen molar-refractivity contribution in [1.82, 2.24) is 4.90 Å². The molecule has 0 unspecified atom stereocenters. The smallest absolute Gasteiger partial charge is 0.0165 e. The molecule has 1 aromatic rings. The van der Waals surface area contributed by atoms with E-state index in [-0.39, 0.29) is 0 Å². The Kier molecular flexibility index (Phi) is 4.09. The van der Waals surface area contributed by atoms with Gasteiger partial charge in [-0.05, 0) is 49.9 Å². The predicted octanol–water partition coefficient (Wildman–Crippen LogP) is 5.16. The summed E-state index contributed by atoms with van der Waals surface area (Å²) >= 11 is 0. The molecule has 0 aromatic heterocycles. The molecule has 118 valence electrons. The van der Waals surface area contributed by atoms with Gasteiger partial charge in [0.1, 0.15) is 0 Å². The van der Waals surface area contributed by atoms with E-state index in [0.29, 0.717) is 5.41 Å². The van der Waals surface area contributed by atoms with E-state index in [1.54, 1.807) is 5.56 Å². The summed E-state index contributed by atoms with van der Waals surface area (Å²) < 4.78 is 0. The van der Waals surface area contributed by atoms with Crippen LogP contribution in [0.4, 0.5) is 0 Å². The second kappa shape index (κ2) is 6.20. The van der Waals surface area contributed by atoms with Crippen LogP contribution in [-0.2, 0) is 5.41 Å². The van der Waals surface area contributed by atoms with E-state index in [0.717, 1.165) is 6.04 Å². The lowest BCUT2D eigenvalue weighted by Gasteiger charge is -2.43. The van der Waals surface area contributed by atoms with Crippen LogP contribution in [0.5, 0.6) is 0 Å². The van der Waals surface area contributed by atoms with Gasteiger partial charge in [-0.15, -0.1) is 0 Å². The first-order chi connectivity index (χ1) is 10.9. The van der Waals surface area contributed by atoms with Gasteiger partial charge in [-0.2, -0.15) is 0 Å². The number of likely N-dealkylation sites (tertiary alicyclic amines) is 1. The van der Waals surface area contributed by atoms with Gasteiger partial charge in [0, 0.05) is 11.5 Å². The molecule has 1 saturated carbocycles. The van der Waals surface area contributed by atoms with Gasteiger partial charge in [0.15, 0.2) is 0 Å². The summed E-state index contributed by atoms with van der Waals surface area (Å²) in [5, 5.41) is 0. The Morgan fingerprint density at radius 2 is 1.55 bits per heavy atom. The van der Waals surface area contributed by atoms with Crippen molar-refractivity contribution in [3.8, 4) is 0 Å². The average Bonchev–Trinajstić information content (AvgIpc) is 2.88. The number of benzene rings is 1. The van der Waals surface area contributed by atoms with Crippen LogP contribution in [0.3, 0.4) is 0 Å². The highest BCUT2D eigenvalue weighted by Gasteiger charge is 2.38. The topological polar surface area (TPSA) is 3.24 Å². The first kappa shape index (κ1) is 14.5. The van der Waals surface area contributed by atoms with Crippen LogP contribution in [0, 0.1) is 0 Å². The van der Waals surface area contributed by atoms with Gasteiger partial charge in [-0.3, -0.25) is 0 Å². The predicted molar refractivity (Wildman–Crippen MR) is 94.1 cm³/mol. The fourth-order valence-corrected chi connectivity index (χ4v) is 4.96. The highest BCUT2D eigenvalue weighted by molar-refractivity contribution is 5.65. The quantitative estimate of drug-likeness (QED) is 0.691. The number of nitrogens with zero attached hydrogens (tertiary/aromatic N) is 1. The second-order valence-electron chi connectivity index (χ2n) is 7.61. The molecule has 1 aromatic carbocycles. The third kappa shape index (κ3) is 2.65. The van der Waals surface area contributed by atoms with Crippen molar-refractivity contribution in [2.24, 2.45) is 0 Å². The molecule has 1 spiro atoms. The van der Waals surface area contributed by atoms with Crippen molar-refractivity contribution in [1.29, 1.82) is 0 Å². The van der Waals surface area contributed by atoms with Crippen molar-refractivity contribution in [2.45, 2.75) is 69.2 Å². The van der Waals surface area contributed by atoms with E-state index in [1.165, 1.54) is 76.4 Å². The summed E-state index contributed by atoms with van der Waals surface area (Å²) in [7, 11) is 0. The second-order valence-corrected chi connectivity index (χ2v) is 7.61. The number of hydrogen-bond donors (Lipinski definition) is 0. The molecule has 0 amide bonds. The maximum absolute atomic E-state index is 2.82. The summed E-state index contributed by atoms with van der Waals surface area (Å²) in [4.78, 5) is 2.82. The third-order valence-corrected chi connectivity index (χ3v) is 6.36. The summed E-state index contributed by atoms with van der Waals surface area (Å²) in [6.07, 6.45) is 17.7. The molecule has 1 heterocycles. The minimum Gasteiger partial charge on any atom is -0.300 e. The van der Waals surface area contributed by atoms with E-state index in [9.17, 15) is 0 Å². The molecule has 1 nitrogen and oxygen atoms in total. The van der Waals surface area contributed by atoms with E-state index in [4.69, 9.17) is 0 Å². The monoisotopic (exact) mass is 295 g/mol. The van der Waals surface area contributed by atoms with Gasteiger partial charge in [-0.25, -0.2) is 0 Å². The molecule has 0 bridgehead atoms. The zero-order valence-corrected chi connectivity index (χ0v) is 13.8. The normalized spacial score (nSPS) is 25.8. The van der Waals surface area contributed by atoms with Crippen LogP contribution in [0.1, 0.15) is 68.9 Å². The van der Waals surface area contributed by atoms with E-state index in [2.05, 4.69) is 41.3 Å². The van der Waals surface area contributed by atoms with Gasteiger partial charge in [0.25, 0.3) is 0 Å². The van der Waals surface area contributed by atoms with Crippen molar-refractivity contribution >= 4 is 6.08 Å². The lowest BCUT2D eigenvalue weighted by molar-refractivity contribution is 0.113. The van der Waals surface area contributed by atoms with Crippen LogP contribution in [0.15, 0.2) is 30.3 Å². The third-order valence-electron chi connectivity index (χ3n) is 6.36. The Morgan fingerprint density at radius 1 is 0.864 bits per heavy atom. The van der Waals surface area contributed by atoms with Gasteiger partial charge < -0.3 is 4.90 Å². The molecular formula is C21H29N. The Morgan fingerprint density at radius 3 is 2.32 bits per heavy atom. The number of fused-ring (bicyclic) bond motifs is 2. The Balaban J connectivity index is 1.43. The van der Waals surface area contributed by atoms with Crippen molar-refractivity contribution in [3.63, 3.8) is 0 Å². The number of hydrogen-bond acceptors (Lipinski definition) is 1. The molecular weight excluding hydrogens is 266 g/mol.